The van der Waals surface area contributed by atoms with Crippen molar-refractivity contribution in [3.8, 4) is 5.88 Å². The molecule has 30 heavy (non-hydrogen) atoms. The lowest BCUT2D eigenvalue weighted by Crippen LogP contribution is -2.24. The number of aromatic nitrogens is 2. The van der Waals surface area contributed by atoms with Gasteiger partial charge in [0.25, 0.3) is 0 Å². The quantitative estimate of drug-likeness (QED) is 0.341. The molecule has 0 bridgehead atoms. The van der Waals surface area contributed by atoms with Crippen molar-refractivity contribution in [2.75, 3.05) is 18.1 Å². The smallest absolute Gasteiger partial charge is 0.423 e. The van der Waals surface area contributed by atoms with Gasteiger partial charge in [0.05, 0.1) is 0 Å². The highest BCUT2D eigenvalue weighted by molar-refractivity contribution is 5.58. The molecule has 0 aliphatic rings. The van der Waals surface area contributed by atoms with Crippen molar-refractivity contribution in [2.24, 2.45) is 0 Å². The standard InChI is InChI=1S/C20H23F6N3O/c1-3-5-6-8-14-9-7-10-15(11-14)29(4-2)18-27-12-16(20(24,25)26)17(28-18)30-13-19(21,22)23/h7,9-12H,3-6,8,13H2,1-2H3. The average molecular weight is 435 g/mol. The van der Waals surface area contributed by atoms with Gasteiger partial charge in [-0.15, -0.1) is 0 Å². The van der Waals surface area contributed by atoms with Crippen LogP contribution >= 0.6 is 0 Å². The number of anilines is 2. The van der Waals surface area contributed by atoms with E-state index in [0.717, 1.165) is 31.2 Å². The monoisotopic (exact) mass is 435 g/mol. The fraction of sp³-hybridized carbons (Fsp3) is 0.500. The van der Waals surface area contributed by atoms with Crippen LogP contribution in [0.5, 0.6) is 5.88 Å². The van der Waals surface area contributed by atoms with Crippen LogP contribution in [-0.4, -0.2) is 29.3 Å². The Kier molecular flexibility index (Phi) is 7.91. The molecule has 0 aliphatic heterocycles. The number of unbranched alkanes of at least 4 members (excludes halogenated alkanes) is 2. The van der Waals surface area contributed by atoms with E-state index < -0.39 is 30.4 Å². The first-order valence-electron chi connectivity index (χ1n) is 9.55. The molecule has 0 N–H and O–H groups in total. The van der Waals surface area contributed by atoms with Crippen LogP contribution in [0.15, 0.2) is 30.5 Å². The summed E-state index contributed by atoms with van der Waals surface area (Å²) in [6, 6.07) is 7.36. The van der Waals surface area contributed by atoms with Crippen LogP contribution in [0, 0.1) is 0 Å². The summed E-state index contributed by atoms with van der Waals surface area (Å²) in [5.41, 5.74) is 0.216. The molecule has 2 aromatic rings. The van der Waals surface area contributed by atoms with Crippen molar-refractivity contribution >= 4 is 11.6 Å². The molecule has 1 heterocycles. The van der Waals surface area contributed by atoms with E-state index >= 15 is 0 Å². The molecular weight excluding hydrogens is 412 g/mol. The first-order chi connectivity index (χ1) is 14.0. The van der Waals surface area contributed by atoms with E-state index in [4.69, 9.17) is 0 Å². The predicted molar refractivity (Wildman–Crippen MR) is 101 cm³/mol. The molecule has 2 rings (SSSR count). The van der Waals surface area contributed by atoms with Gasteiger partial charge in [0, 0.05) is 18.4 Å². The molecule has 0 saturated heterocycles. The number of hydrogen-bond donors (Lipinski definition) is 0. The van der Waals surface area contributed by atoms with E-state index in [1.807, 2.05) is 18.2 Å². The van der Waals surface area contributed by atoms with Gasteiger partial charge in [-0.3, -0.25) is 0 Å². The zero-order valence-electron chi connectivity index (χ0n) is 16.6. The minimum atomic E-state index is -4.95. The predicted octanol–water partition coefficient (Wildman–Crippen LogP) is 6.33. The molecule has 0 saturated carbocycles. The van der Waals surface area contributed by atoms with Crippen molar-refractivity contribution in [1.29, 1.82) is 0 Å². The molecule has 1 aromatic carbocycles. The van der Waals surface area contributed by atoms with Crippen LogP contribution < -0.4 is 9.64 Å². The number of ether oxygens (including phenoxy) is 1. The normalized spacial score (nSPS) is 12.1. The van der Waals surface area contributed by atoms with Crippen LogP contribution in [0.4, 0.5) is 38.0 Å². The Morgan fingerprint density at radius 2 is 1.77 bits per heavy atom. The van der Waals surface area contributed by atoms with Crippen LogP contribution in [0.2, 0.25) is 0 Å². The van der Waals surface area contributed by atoms with Gasteiger partial charge in [-0.05, 0) is 37.5 Å². The Morgan fingerprint density at radius 3 is 2.37 bits per heavy atom. The Morgan fingerprint density at radius 1 is 1.03 bits per heavy atom. The highest BCUT2D eigenvalue weighted by Crippen LogP contribution is 2.37. The molecular formula is C20H23F6N3O. The third kappa shape index (κ3) is 6.77. The Balaban J connectivity index is 2.37. The molecule has 0 atom stereocenters. The Hall–Kier alpha value is -2.52. The summed E-state index contributed by atoms with van der Waals surface area (Å²) >= 11 is 0. The van der Waals surface area contributed by atoms with Crippen molar-refractivity contribution in [3.05, 3.63) is 41.6 Å². The van der Waals surface area contributed by atoms with Gasteiger partial charge in [0.1, 0.15) is 5.56 Å². The average Bonchev–Trinajstić information content (AvgIpc) is 2.66. The maximum absolute atomic E-state index is 13.2. The fourth-order valence-electron chi connectivity index (χ4n) is 2.84. The molecule has 4 nitrogen and oxygen atoms in total. The lowest BCUT2D eigenvalue weighted by Gasteiger charge is -2.23. The van der Waals surface area contributed by atoms with Crippen molar-refractivity contribution < 1.29 is 31.1 Å². The van der Waals surface area contributed by atoms with Gasteiger partial charge in [-0.1, -0.05) is 31.9 Å². The maximum Gasteiger partial charge on any atom is 0.423 e. The molecule has 1 aromatic heterocycles. The Labute approximate surface area is 170 Å². The molecule has 0 aliphatic carbocycles. The third-order valence-electron chi connectivity index (χ3n) is 4.27. The largest absolute Gasteiger partial charge is 0.467 e. The molecule has 166 valence electrons. The SMILES string of the molecule is CCCCCc1cccc(N(CC)c2ncc(C(F)(F)F)c(OCC(F)(F)F)n2)c1. The molecule has 0 unspecified atom stereocenters. The number of alkyl halides is 6. The lowest BCUT2D eigenvalue weighted by molar-refractivity contribution is -0.159. The van der Waals surface area contributed by atoms with Gasteiger partial charge in [0.15, 0.2) is 6.61 Å². The second-order valence-electron chi connectivity index (χ2n) is 6.66. The zero-order valence-corrected chi connectivity index (χ0v) is 16.6. The fourth-order valence-corrected chi connectivity index (χ4v) is 2.84. The molecule has 0 amide bonds. The number of rotatable bonds is 9. The number of nitrogens with zero attached hydrogens (tertiary/aromatic N) is 3. The second-order valence-corrected chi connectivity index (χ2v) is 6.66. The first-order valence-corrected chi connectivity index (χ1v) is 9.55. The lowest BCUT2D eigenvalue weighted by atomic mass is 10.1. The van der Waals surface area contributed by atoms with Gasteiger partial charge < -0.3 is 9.64 Å². The van der Waals surface area contributed by atoms with Crippen molar-refractivity contribution in [1.82, 2.24) is 9.97 Å². The Bertz CT molecular complexity index is 823. The topological polar surface area (TPSA) is 38.2 Å². The highest BCUT2D eigenvalue weighted by atomic mass is 19.4. The molecule has 0 fully saturated rings. The van der Waals surface area contributed by atoms with Crippen molar-refractivity contribution in [3.63, 3.8) is 0 Å². The van der Waals surface area contributed by atoms with Gasteiger partial charge in [-0.25, -0.2) is 4.98 Å². The van der Waals surface area contributed by atoms with E-state index in [-0.39, 0.29) is 5.95 Å². The van der Waals surface area contributed by atoms with Gasteiger partial charge in [-0.2, -0.15) is 31.3 Å². The summed E-state index contributed by atoms with van der Waals surface area (Å²) in [5.74, 6) is -1.32. The number of halogens is 6. The van der Waals surface area contributed by atoms with Crippen LogP contribution in [-0.2, 0) is 12.6 Å². The minimum Gasteiger partial charge on any atom is -0.467 e. The summed E-state index contributed by atoms with van der Waals surface area (Å²) in [6.45, 7) is 2.24. The number of hydrogen-bond acceptors (Lipinski definition) is 4. The summed E-state index contributed by atoms with van der Waals surface area (Å²) < 4.78 is 81.2. The highest BCUT2D eigenvalue weighted by Gasteiger charge is 2.38. The van der Waals surface area contributed by atoms with E-state index in [9.17, 15) is 26.3 Å². The van der Waals surface area contributed by atoms with Gasteiger partial charge in [0.2, 0.25) is 11.8 Å². The summed E-state index contributed by atoms with van der Waals surface area (Å²) in [6.07, 6.45) is -5.32. The van der Waals surface area contributed by atoms with Crippen LogP contribution in [0.1, 0.15) is 44.2 Å². The minimum absolute atomic E-state index is 0.173. The summed E-state index contributed by atoms with van der Waals surface area (Å²) in [7, 11) is 0. The van der Waals surface area contributed by atoms with Gasteiger partial charge >= 0.3 is 12.4 Å². The van der Waals surface area contributed by atoms with E-state index in [1.54, 1.807) is 13.0 Å². The van der Waals surface area contributed by atoms with Crippen LogP contribution in [0.3, 0.4) is 0 Å². The zero-order chi connectivity index (χ0) is 22.4. The van der Waals surface area contributed by atoms with Crippen molar-refractivity contribution in [2.45, 2.75) is 51.9 Å². The second kappa shape index (κ2) is 9.99. The number of aryl methyl sites for hydroxylation is 1. The molecule has 10 heteroatoms. The van der Waals surface area contributed by atoms with E-state index in [0.29, 0.717) is 18.4 Å². The first kappa shape index (κ1) is 23.8. The molecule has 0 spiro atoms. The number of benzene rings is 1. The summed E-state index contributed by atoms with van der Waals surface area (Å²) in [4.78, 5) is 8.92. The summed E-state index contributed by atoms with van der Waals surface area (Å²) in [5, 5.41) is 0. The van der Waals surface area contributed by atoms with E-state index in [2.05, 4.69) is 21.6 Å². The molecule has 0 radical (unpaired) electrons. The third-order valence-corrected chi connectivity index (χ3v) is 4.27. The van der Waals surface area contributed by atoms with E-state index in [1.165, 1.54) is 4.90 Å². The van der Waals surface area contributed by atoms with Crippen LogP contribution in [0.25, 0.3) is 0 Å². The maximum atomic E-state index is 13.2.